The van der Waals surface area contributed by atoms with Crippen molar-refractivity contribution in [2.75, 3.05) is 7.11 Å². The molecule has 0 spiro atoms. The summed E-state index contributed by atoms with van der Waals surface area (Å²) >= 11 is 0. The minimum Gasteiger partial charge on any atom is -0.497 e. The molecule has 6 heteroatoms. The van der Waals surface area contributed by atoms with Crippen molar-refractivity contribution in [3.63, 3.8) is 0 Å². The molecule has 1 rings (SSSR count). The maximum Gasteiger partial charge on any atom is 0.339 e. The molecule has 0 bridgehead atoms. The highest BCUT2D eigenvalue weighted by atomic mass is 16.5. The molecule has 0 aliphatic carbocycles. The maximum atomic E-state index is 12.6. The summed E-state index contributed by atoms with van der Waals surface area (Å²) in [6, 6.07) is 4.46. The van der Waals surface area contributed by atoms with E-state index in [9.17, 15) is 14.7 Å². The number of nitrogens with zero attached hydrogens (tertiary/aromatic N) is 1. The van der Waals surface area contributed by atoms with Crippen LogP contribution in [0.25, 0.3) is 0 Å². The number of hydrogen-bond acceptors (Lipinski definition) is 4. The summed E-state index contributed by atoms with van der Waals surface area (Å²) in [5.74, 6) is -0.722. The molecule has 0 aliphatic heterocycles. The molecule has 1 aromatic rings. The summed E-state index contributed by atoms with van der Waals surface area (Å²) in [6.45, 7) is 9.33. The average molecular weight is 323 g/mol. The zero-order valence-electron chi connectivity index (χ0n) is 14.5. The Kier molecular flexibility index (Phi) is 6.42. The van der Waals surface area contributed by atoms with E-state index in [1.807, 2.05) is 27.7 Å². The summed E-state index contributed by atoms with van der Waals surface area (Å²) in [6.07, 6.45) is -0.801. The molecule has 6 nitrogen and oxygen atoms in total. The van der Waals surface area contributed by atoms with E-state index in [0.29, 0.717) is 5.75 Å². The topological polar surface area (TPSA) is 76.1 Å². The fourth-order valence-corrected chi connectivity index (χ4v) is 2.46. The second-order valence-corrected chi connectivity index (χ2v) is 5.86. The van der Waals surface area contributed by atoms with Crippen molar-refractivity contribution in [2.45, 2.75) is 52.8 Å². The molecule has 1 amide bonds. The van der Waals surface area contributed by atoms with E-state index in [0.717, 1.165) is 0 Å². The van der Waals surface area contributed by atoms with Crippen molar-refractivity contribution in [1.82, 2.24) is 4.90 Å². The number of rotatable bonds is 7. The maximum absolute atomic E-state index is 12.6. The van der Waals surface area contributed by atoms with E-state index >= 15 is 0 Å². The standard InChI is InChI=1S/C17H25NO5/c1-10(2)18(11(3)4)16(19)12(5)23-15-9-13(22-6)7-8-14(15)17(20)21/h7-12H,1-6H3,(H,20,21)/t12-/m0/s1. The molecule has 0 fully saturated rings. The highest BCUT2D eigenvalue weighted by Crippen LogP contribution is 2.26. The van der Waals surface area contributed by atoms with Crippen LogP contribution in [0.3, 0.4) is 0 Å². The normalized spacial score (nSPS) is 12.2. The molecule has 0 aromatic heterocycles. The van der Waals surface area contributed by atoms with E-state index in [1.165, 1.54) is 25.3 Å². The summed E-state index contributed by atoms with van der Waals surface area (Å²) in [4.78, 5) is 25.6. The zero-order valence-corrected chi connectivity index (χ0v) is 14.5. The number of carboxylic acid groups (broad SMARTS) is 1. The van der Waals surface area contributed by atoms with Gasteiger partial charge in [-0.3, -0.25) is 4.79 Å². The van der Waals surface area contributed by atoms with Gasteiger partial charge in [-0.05, 0) is 46.8 Å². The van der Waals surface area contributed by atoms with Crippen LogP contribution in [0.2, 0.25) is 0 Å². The fourth-order valence-electron chi connectivity index (χ4n) is 2.46. The van der Waals surface area contributed by atoms with E-state index in [1.54, 1.807) is 11.8 Å². The van der Waals surface area contributed by atoms with Crippen molar-refractivity contribution in [3.05, 3.63) is 23.8 Å². The number of ether oxygens (including phenoxy) is 2. The molecule has 1 aromatic carbocycles. The van der Waals surface area contributed by atoms with Crippen molar-refractivity contribution >= 4 is 11.9 Å². The van der Waals surface area contributed by atoms with Gasteiger partial charge in [0.25, 0.3) is 5.91 Å². The van der Waals surface area contributed by atoms with Crippen LogP contribution in [0.4, 0.5) is 0 Å². The number of carboxylic acids is 1. The van der Waals surface area contributed by atoms with Crippen LogP contribution in [0, 0.1) is 0 Å². The number of amides is 1. The Morgan fingerprint density at radius 1 is 1.09 bits per heavy atom. The first kappa shape index (κ1) is 18.8. The smallest absolute Gasteiger partial charge is 0.339 e. The van der Waals surface area contributed by atoms with Crippen molar-refractivity contribution in [1.29, 1.82) is 0 Å². The molecule has 1 N–H and O–H groups in total. The number of benzene rings is 1. The summed E-state index contributed by atoms with van der Waals surface area (Å²) in [5, 5.41) is 9.25. The van der Waals surface area contributed by atoms with E-state index in [4.69, 9.17) is 9.47 Å². The van der Waals surface area contributed by atoms with Gasteiger partial charge in [-0.2, -0.15) is 0 Å². The van der Waals surface area contributed by atoms with Gasteiger partial charge in [-0.25, -0.2) is 4.79 Å². The third kappa shape index (κ3) is 4.61. The number of hydrogen-bond donors (Lipinski definition) is 1. The van der Waals surface area contributed by atoms with Gasteiger partial charge in [-0.1, -0.05) is 0 Å². The molecule has 0 radical (unpaired) electrons. The van der Waals surface area contributed by atoms with Gasteiger partial charge in [0.2, 0.25) is 0 Å². The lowest BCUT2D eigenvalue weighted by atomic mass is 10.1. The predicted molar refractivity (Wildman–Crippen MR) is 87.2 cm³/mol. The number of carbonyl (C=O) groups is 2. The second-order valence-electron chi connectivity index (χ2n) is 5.86. The molecule has 0 aliphatic rings. The predicted octanol–water partition coefficient (Wildman–Crippen LogP) is 2.81. The van der Waals surface area contributed by atoms with Crippen molar-refractivity contribution < 1.29 is 24.2 Å². The van der Waals surface area contributed by atoms with Crippen molar-refractivity contribution in [2.24, 2.45) is 0 Å². The summed E-state index contributed by atoms with van der Waals surface area (Å²) in [5.41, 5.74) is -0.00825. The number of carbonyl (C=O) groups excluding carboxylic acids is 1. The van der Waals surface area contributed by atoms with Gasteiger partial charge in [0, 0.05) is 18.2 Å². The molecule has 23 heavy (non-hydrogen) atoms. The summed E-state index contributed by atoms with van der Waals surface area (Å²) < 4.78 is 10.7. The van der Waals surface area contributed by atoms with Gasteiger partial charge in [0.1, 0.15) is 17.1 Å². The first-order valence-corrected chi connectivity index (χ1v) is 7.59. The Hall–Kier alpha value is -2.24. The zero-order chi connectivity index (χ0) is 17.7. The van der Waals surface area contributed by atoms with E-state index < -0.39 is 12.1 Å². The molecule has 1 atom stereocenters. The van der Waals surface area contributed by atoms with Crippen LogP contribution in [-0.2, 0) is 4.79 Å². The van der Waals surface area contributed by atoms with E-state index in [2.05, 4.69) is 0 Å². The highest BCUT2D eigenvalue weighted by Gasteiger charge is 2.27. The third-order valence-corrected chi connectivity index (χ3v) is 3.44. The highest BCUT2D eigenvalue weighted by molar-refractivity contribution is 5.91. The van der Waals surface area contributed by atoms with Gasteiger partial charge in [0.15, 0.2) is 6.10 Å². The lowest BCUT2D eigenvalue weighted by Gasteiger charge is -2.33. The molecule has 0 saturated heterocycles. The average Bonchev–Trinajstić information content (AvgIpc) is 2.45. The Balaban J connectivity index is 3.06. The van der Waals surface area contributed by atoms with Crippen LogP contribution in [0.5, 0.6) is 11.5 Å². The lowest BCUT2D eigenvalue weighted by Crippen LogP contribution is -2.48. The Morgan fingerprint density at radius 2 is 1.65 bits per heavy atom. The SMILES string of the molecule is COc1ccc(C(=O)O)c(O[C@@H](C)C(=O)N(C(C)C)C(C)C)c1. The van der Waals surface area contributed by atoms with Crippen LogP contribution in [-0.4, -0.2) is 47.2 Å². The van der Waals surface area contributed by atoms with Crippen LogP contribution in [0.15, 0.2) is 18.2 Å². The minimum atomic E-state index is -1.12. The third-order valence-electron chi connectivity index (χ3n) is 3.44. The van der Waals surface area contributed by atoms with Crippen LogP contribution >= 0.6 is 0 Å². The lowest BCUT2D eigenvalue weighted by molar-refractivity contribution is -0.141. The molecule has 0 unspecified atom stereocenters. The molecule has 0 saturated carbocycles. The minimum absolute atomic E-state index is 0.00825. The Labute approximate surface area is 137 Å². The monoisotopic (exact) mass is 323 g/mol. The summed E-state index contributed by atoms with van der Waals surface area (Å²) in [7, 11) is 1.48. The Morgan fingerprint density at radius 3 is 2.09 bits per heavy atom. The second kappa shape index (κ2) is 7.85. The number of methoxy groups -OCH3 is 1. The largest absolute Gasteiger partial charge is 0.497 e. The Bertz CT molecular complexity index is 560. The molecular weight excluding hydrogens is 298 g/mol. The van der Waals surface area contributed by atoms with E-state index in [-0.39, 0.29) is 29.3 Å². The van der Waals surface area contributed by atoms with Crippen molar-refractivity contribution in [3.8, 4) is 11.5 Å². The van der Waals surface area contributed by atoms with Gasteiger partial charge in [0.05, 0.1) is 7.11 Å². The molecule has 128 valence electrons. The first-order valence-electron chi connectivity index (χ1n) is 7.59. The fraction of sp³-hybridized carbons (Fsp3) is 0.529. The first-order chi connectivity index (χ1) is 10.7. The van der Waals surface area contributed by atoms with Gasteiger partial charge < -0.3 is 19.5 Å². The quantitative estimate of drug-likeness (QED) is 0.835. The van der Waals surface area contributed by atoms with Crippen LogP contribution in [0.1, 0.15) is 45.0 Å². The molecular formula is C17H25NO5. The van der Waals surface area contributed by atoms with Crippen LogP contribution < -0.4 is 9.47 Å². The van der Waals surface area contributed by atoms with Gasteiger partial charge >= 0.3 is 5.97 Å². The molecule has 0 heterocycles. The number of aromatic carboxylic acids is 1. The van der Waals surface area contributed by atoms with Gasteiger partial charge in [-0.15, -0.1) is 0 Å².